The molecule has 2 rings (SSSR count). The molecule has 7 heteroatoms. The Morgan fingerprint density at radius 2 is 2.11 bits per heavy atom. The summed E-state index contributed by atoms with van der Waals surface area (Å²) in [6.45, 7) is 0.756. The van der Waals surface area contributed by atoms with Crippen molar-refractivity contribution in [2.45, 2.75) is 80.7 Å². The van der Waals surface area contributed by atoms with E-state index in [4.69, 9.17) is 13.9 Å². The Morgan fingerprint density at radius 1 is 1.32 bits per heavy atom. The largest absolute Gasteiger partial charge is 0.615 e. The van der Waals surface area contributed by atoms with Crippen molar-refractivity contribution < 1.29 is 23.6 Å². The van der Waals surface area contributed by atoms with Gasteiger partial charge in [-0.05, 0) is 61.7 Å². The van der Waals surface area contributed by atoms with Crippen molar-refractivity contribution in [3.63, 3.8) is 0 Å². The first kappa shape index (κ1) is 24.1. The fourth-order valence-electron chi connectivity index (χ4n) is 3.61. The molecule has 1 aromatic heterocycles. The van der Waals surface area contributed by atoms with Gasteiger partial charge in [0.15, 0.2) is 10.4 Å². The second kappa shape index (κ2) is 13.2. The predicted molar refractivity (Wildman–Crippen MR) is 116 cm³/mol. The van der Waals surface area contributed by atoms with Crippen LogP contribution in [0.25, 0.3) is 0 Å². The fraction of sp³-hybridized carbons (Fsp3) is 0.810. The third-order valence-corrected chi connectivity index (χ3v) is 9.14. The first-order valence-corrected chi connectivity index (χ1v) is 13.2. The van der Waals surface area contributed by atoms with Gasteiger partial charge in [-0.15, -0.1) is 11.8 Å². The molecule has 0 bridgehead atoms. The number of rotatable bonds is 14. The van der Waals surface area contributed by atoms with E-state index in [2.05, 4.69) is 0 Å². The predicted octanol–water partition coefficient (Wildman–Crippen LogP) is 5.02. The highest BCUT2D eigenvalue weighted by molar-refractivity contribution is 8.14. The minimum absolute atomic E-state index is 0.0251. The third kappa shape index (κ3) is 7.58. The van der Waals surface area contributed by atoms with Gasteiger partial charge in [0.05, 0.1) is 12.5 Å². The number of ether oxygens (including phenoxy) is 2. The zero-order valence-electron chi connectivity index (χ0n) is 17.3. The molecule has 1 fully saturated rings. The van der Waals surface area contributed by atoms with Crippen molar-refractivity contribution in [2.75, 3.05) is 25.7 Å². The lowest BCUT2D eigenvalue weighted by molar-refractivity contribution is -0.194. The van der Waals surface area contributed by atoms with Crippen molar-refractivity contribution in [3.8, 4) is 0 Å². The van der Waals surface area contributed by atoms with E-state index < -0.39 is 15.3 Å². The number of aliphatic hydroxyl groups excluding tert-OH is 1. The highest BCUT2D eigenvalue weighted by atomic mass is 32.3. The summed E-state index contributed by atoms with van der Waals surface area (Å²) in [6, 6.07) is 3.89. The zero-order valence-corrected chi connectivity index (χ0v) is 18.9. The molecule has 5 nitrogen and oxygen atoms in total. The Bertz CT molecular complexity index is 499. The van der Waals surface area contributed by atoms with Crippen LogP contribution in [0.3, 0.4) is 0 Å². The number of hydrogen-bond acceptors (Lipinski definition) is 6. The smallest absolute Gasteiger partial charge is 0.193 e. The van der Waals surface area contributed by atoms with Crippen LogP contribution in [0.1, 0.15) is 76.1 Å². The summed E-state index contributed by atoms with van der Waals surface area (Å²) in [5.41, 5.74) is 0. The van der Waals surface area contributed by atoms with Gasteiger partial charge in [0.2, 0.25) is 0 Å². The van der Waals surface area contributed by atoms with Gasteiger partial charge in [-0.3, -0.25) is 0 Å². The van der Waals surface area contributed by atoms with Crippen molar-refractivity contribution in [1.29, 1.82) is 0 Å². The molecule has 4 atom stereocenters. The molecular weight excluding hydrogens is 396 g/mol. The summed E-state index contributed by atoms with van der Waals surface area (Å²) in [4.78, 5) is 0. The lowest BCUT2D eigenvalue weighted by Crippen LogP contribution is -2.38. The Kier molecular flexibility index (Phi) is 11.3. The number of furan rings is 1. The van der Waals surface area contributed by atoms with E-state index in [1.54, 1.807) is 12.5 Å². The van der Waals surface area contributed by atoms with E-state index in [1.165, 1.54) is 11.8 Å². The Balaban J connectivity index is 1.66. The van der Waals surface area contributed by atoms with Crippen LogP contribution >= 0.6 is 11.8 Å². The SMILES string of the molecule is CSC(CO)(CCCCCCCC(OC1CCCCO1)c1ccco1)[S+](C)[O-]. The summed E-state index contributed by atoms with van der Waals surface area (Å²) in [7, 11) is 0. The van der Waals surface area contributed by atoms with Crippen LogP contribution in [0.15, 0.2) is 22.8 Å². The minimum atomic E-state index is -1.02. The maximum Gasteiger partial charge on any atom is 0.193 e. The molecule has 162 valence electrons. The van der Waals surface area contributed by atoms with Crippen molar-refractivity contribution in [2.24, 2.45) is 0 Å². The Labute approximate surface area is 177 Å². The second-order valence-corrected chi connectivity index (χ2v) is 10.6. The van der Waals surface area contributed by atoms with Crippen LogP contribution in [0.5, 0.6) is 0 Å². The monoisotopic (exact) mass is 432 g/mol. The van der Waals surface area contributed by atoms with E-state index in [-0.39, 0.29) is 19.0 Å². The molecule has 0 aromatic carbocycles. The molecule has 0 radical (unpaired) electrons. The third-order valence-electron chi connectivity index (χ3n) is 5.48. The van der Waals surface area contributed by atoms with E-state index >= 15 is 0 Å². The molecule has 0 amide bonds. The molecule has 0 spiro atoms. The number of aliphatic hydroxyl groups is 1. The molecule has 1 aliphatic heterocycles. The van der Waals surface area contributed by atoms with Gasteiger partial charge in [-0.25, -0.2) is 0 Å². The summed E-state index contributed by atoms with van der Waals surface area (Å²) in [5.74, 6) is 0.882. The Hall–Kier alpha value is -0.180. The van der Waals surface area contributed by atoms with Crippen LogP contribution in [0.4, 0.5) is 0 Å². The summed E-state index contributed by atoms with van der Waals surface area (Å²) in [5, 5.41) is 9.63. The van der Waals surface area contributed by atoms with Crippen molar-refractivity contribution in [1.82, 2.24) is 0 Å². The van der Waals surface area contributed by atoms with E-state index in [1.807, 2.05) is 18.4 Å². The highest BCUT2D eigenvalue weighted by Gasteiger charge is 2.37. The molecule has 2 heterocycles. The average Bonchev–Trinajstić information content (AvgIpc) is 3.25. The van der Waals surface area contributed by atoms with E-state index in [9.17, 15) is 9.66 Å². The molecule has 0 saturated carbocycles. The number of unbranched alkanes of at least 4 members (excludes halogenated alkanes) is 4. The first-order chi connectivity index (χ1) is 13.6. The second-order valence-electron chi connectivity index (χ2n) is 7.47. The van der Waals surface area contributed by atoms with Gasteiger partial charge in [-0.2, -0.15) is 0 Å². The van der Waals surface area contributed by atoms with Crippen LogP contribution in [0.2, 0.25) is 0 Å². The lowest BCUT2D eigenvalue weighted by atomic mass is 10.0. The standard InChI is InChI=1S/C21H36O5S2/c1-27-21(17-22,28(2)23)14-8-5-3-4-6-11-19(18-12-10-16-24-18)26-20-13-7-9-15-25-20/h10,12,16,19-20,22H,3-9,11,13-15,17H2,1-2H3. The van der Waals surface area contributed by atoms with Crippen LogP contribution in [-0.2, 0) is 20.6 Å². The number of hydrogen-bond donors (Lipinski definition) is 1. The fourth-order valence-corrected chi connectivity index (χ4v) is 5.64. The lowest BCUT2D eigenvalue weighted by Gasteiger charge is -2.30. The maximum atomic E-state index is 11.9. The molecular formula is C21H36O5S2. The molecule has 0 aliphatic carbocycles. The quantitative estimate of drug-likeness (QED) is 0.328. The minimum Gasteiger partial charge on any atom is -0.615 e. The summed E-state index contributed by atoms with van der Waals surface area (Å²) < 4.78 is 28.9. The summed E-state index contributed by atoms with van der Waals surface area (Å²) in [6.07, 6.45) is 15.6. The normalized spacial score (nSPS) is 21.9. The van der Waals surface area contributed by atoms with Gasteiger partial charge >= 0.3 is 0 Å². The topological polar surface area (TPSA) is 74.9 Å². The molecule has 4 unspecified atom stereocenters. The molecule has 1 N–H and O–H groups in total. The van der Waals surface area contributed by atoms with E-state index in [0.717, 1.165) is 76.6 Å². The number of thioether (sulfide) groups is 1. The van der Waals surface area contributed by atoms with Crippen LogP contribution < -0.4 is 0 Å². The van der Waals surface area contributed by atoms with E-state index in [0.29, 0.717) is 0 Å². The maximum absolute atomic E-state index is 11.9. The van der Waals surface area contributed by atoms with Gasteiger partial charge in [0.25, 0.3) is 0 Å². The summed E-state index contributed by atoms with van der Waals surface area (Å²) >= 11 is 0.500. The van der Waals surface area contributed by atoms with Crippen molar-refractivity contribution in [3.05, 3.63) is 24.2 Å². The van der Waals surface area contributed by atoms with Crippen molar-refractivity contribution >= 4 is 22.9 Å². The van der Waals surface area contributed by atoms with Crippen LogP contribution in [-0.4, -0.2) is 45.8 Å². The van der Waals surface area contributed by atoms with Gasteiger partial charge in [0, 0.05) is 13.0 Å². The highest BCUT2D eigenvalue weighted by Crippen LogP contribution is 2.34. The first-order valence-electron chi connectivity index (χ1n) is 10.4. The molecule has 28 heavy (non-hydrogen) atoms. The molecule has 1 aromatic rings. The van der Waals surface area contributed by atoms with Gasteiger partial charge in [-0.1, -0.05) is 25.7 Å². The average molecular weight is 433 g/mol. The van der Waals surface area contributed by atoms with Crippen LogP contribution in [0, 0.1) is 0 Å². The molecule has 1 saturated heterocycles. The van der Waals surface area contributed by atoms with Gasteiger partial charge < -0.3 is 23.6 Å². The molecule has 1 aliphatic rings. The van der Waals surface area contributed by atoms with Gasteiger partial charge in [0.1, 0.15) is 18.5 Å². The zero-order chi connectivity index (χ0) is 20.2. The Morgan fingerprint density at radius 3 is 2.71 bits per heavy atom.